The molecule has 0 aromatic carbocycles. The number of nitrogens with zero attached hydrogens (tertiary/aromatic N) is 4. The third-order valence-electron chi connectivity index (χ3n) is 4.29. The second kappa shape index (κ2) is 8.19. The van der Waals surface area contributed by atoms with Gasteiger partial charge in [-0.25, -0.2) is 4.79 Å². The number of ether oxygens (including phenoxy) is 1. The van der Waals surface area contributed by atoms with Gasteiger partial charge in [-0.05, 0) is 35.4 Å². The first-order valence-electron chi connectivity index (χ1n) is 8.38. The van der Waals surface area contributed by atoms with Gasteiger partial charge in [0.2, 0.25) is 5.82 Å². The van der Waals surface area contributed by atoms with Crippen LogP contribution in [0.3, 0.4) is 0 Å². The summed E-state index contributed by atoms with van der Waals surface area (Å²) in [6.45, 7) is 1.68. The maximum absolute atomic E-state index is 11.9. The fourth-order valence-electron chi connectivity index (χ4n) is 2.90. The fraction of sp³-hybridized carbons (Fsp3) is 0.562. The van der Waals surface area contributed by atoms with Crippen molar-refractivity contribution in [3.05, 3.63) is 17.5 Å². The van der Waals surface area contributed by atoms with Crippen LogP contribution in [-0.4, -0.2) is 44.7 Å². The molecule has 2 atom stereocenters. The molecule has 8 nitrogen and oxygen atoms in total. The summed E-state index contributed by atoms with van der Waals surface area (Å²) in [7, 11) is 0. The minimum absolute atomic E-state index is 0.172. The van der Waals surface area contributed by atoms with Gasteiger partial charge in [0.15, 0.2) is 13.2 Å². The maximum atomic E-state index is 11.9. The van der Waals surface area contributed by atoms with Gasteiger partial charge < -0.3 is 10.1 Å². The van der Waals surface area contributed by atoms with Gasteiger partial charge in [-0.2, -0.15) is 4.80 Å². The molecule has 1 N–H and O–H groups in total. The van der Waals surface area contributed by atoms with Crippen molar-refractivity contribution in [2.24, 2.45) is 5.92 Å². The number of aromatic nitrogens is 4. The van der Waals surface area contributed by atoms with Gasteiger partial charge in [0.25, 0.3) is 5.91 Å². The van der Waals surface area contributed by atoms with Crippen molar-refractivity contribution in [3.8, 4) is 10.7 Å². The number of amides is 1. The van der Waals surface area contributed by atoms with Crippen LogP contribution >= 0.6 is 11.3 Å². The SMILES string of the molecule is C[C@H]1CCCC[C@H]1NC(=O)COC(=O)Cn1nnc(-c2cccs2)n1. The maximum Gasteiger partial charge on any atom is 0.330 e. The first kappa shape index (κ1) is 17.5. The highest BCUT2D eigenvalue weighted by atomic mass is 32.1. The van der Waals surface area contributed by atoms with E-state index in [1.165, 1.54) is 22.6 Å². The van der Waals surface area contributed by atoms with E-state index in [0.717, 1.165) is 24.1 Å². The molecular weight excluding hydrogens is 342 g/mol. The van der Waals surface area contributed by atoms with Gasteiger partial charge in [0, 0.05) is 6.04 Å². The molecule has 0 radical (unpaired) electrons. The van der Waals surface area contributed by atoms with Crippen molar-refractivity contribution in [1.29, 1.82) is 0 Å². The second-order valence-electron chi connectivity index (χ2n) is 6.22. The predicted octanol–water partition coefficient (Wildman–Crippen LogP) is 1.64. The van der Waals surface area contributed by atoms with E-state index in [2.05, 4.69) is 27.7 Å². The minimum Gasteiger partial charge on any atom is -0.454 e. The first-order chi connectivity index (χ1) is 12.1. The van der Waals surface area contributed by atoms with Gasteiger partial charge in [-0.1, -0.05) is 25.8 Å². The third-order valence-corrected chi connectivity index (χ3v) is 5.15. The zero-order valence-electron chi connectivity index (χ0n) is 14.1. The van der Waals surface area contributed by atoms with Crippen LogP contribution in [0.15, 0.2) is 17.5 Å². The predicted molar refractivity (Wildman–Crippen MR) is 91.7 cm³/mol. The topological polar surface area (TPSA) is 99.0 Å². The number of hydrogen-bond donors (Lipinski definition) is 1. The molecule has 2 aromatic rings. The number of esters is 1. The molecule has 2 aromatic heterocycles. The Balaban J connectivity index is 1.42. The Morgan fingerprint density at radius 3 is 3.00 bits per heavy atom. The second-order valence-corrected chi connectivity index (χ2v) is 7.16. The largest absolute Gasteiger partial charge is 0.454 e. The standard InChI is InChI=1S/C16H21N5O3S/c1-11-5-2-3-6-12(11)17-14(22)10-24-15(23)9-21-19-16(18-20-21)13-7-4-8-25-13/h4,7-8,11-12H,2-3,5-6,9-10H2,1H3,(H,17,22)/t11-,12+/m0/s1. The molecule has 0 aliphatic heterocycles. The van der Waals surface area contributed by atoms with Crippen molar-refractivity contribution in [2.45, 2.75) is 45.2 Å². The zero-order chi connectivity index (χ0) is 17.6. The number of carbonyl (C=O) groups excluding carboxylic acids is 2. The highest BCUT2D eigenvalue weighted by molar-refractivity contribution is 7.13. The summed E-state index contributed by atoms with van der Waals surface area (Å²) in [4.78, 5) is 25.8. The number of carbonyl (C=O) groups is 2. The molecule has 9 heteroatoms. The smallest absolute Gasteiger partial charge is 0.330 e. The minimum atomic E-state index is -0.568. The average molecular weight is 363 g/mol. The van der Waals surface area contributed by atoms with Gasteiger partial charge in [0.05, 0.1) is 4.88 Å². The third kappa shape index (κ3) is 4.85. The Morgan fingerprint density at radius 1 is 1.40 bits per heavy atom. The van der Waals surface area contributed by atoms with E-state index in [-0.39, 0.29) is 25.1 Å². The molecule has 1 aliphatic rings. The summed E-state index contributed by atoms with van der Waals surface area (Å²) in [5, 5.41) is 16.7. The molecule has 1 amide bonds. The van der Waals surface area contributed by atoms with Crippen LogP contribution in [0, 0.1) is 5.92 Å². The summed E-state index contributed by atoms with van der Waals surface area (Å²) in [5.41, 5.74) is 0. The molecule has 1 aliphatic carbocycles. The zero-order valence-corrected chi connectivity index (χ0v) is 14.9. The van der Waals surface area contributed by atoms with E-state index in [1.54, 1.807) is 0 Å². The number of tetrazole rings is 1. The van der Waals surface area contributed by atoms with Crippen LogP contribution in [0.1, 0.15) is 32.6 Å². The van der Waals surface area contributed by atoms with E-state index < -0.39 is 5.97 Å². The summed E-state index contributed by atoms with van der Waals surface area (Å²) in [6, 6.07) is 3.94. The van der Waals surface area contributed by atoms with Crippen molar-refractivity contribution < 1.29 is 14.3 Å². The van der Waals surface area contributed by atoms with Crippen LogP contribution in [0.4, 0.5) is 0 Å². The van der Waals surface area contributed by atoms with Gasteiger partial charge in [0.1, 0.15) is 0 Å². The van der Waals surface area contributed by atoms with Crippen molar-refractivity contribution in [1.82, 2.24) is 25.5 Å². The quantitative estimate of drug-likeness (QED) is 0.783. The lowest BCUT2D eigenvalue weighted by Gasteiger charge is -2.29. The van der Waals surface area contributed by atoms with E-state index in [4.69, 9.17) is 4.74 Å². The number of rotatable bonds is 6. The Hall–Kier alpha value is -2.29. The van der Waals surface area contributed by atoms with Crippen LogP contribution in [0.25, 0.3) is 10.7 Å². The van der Waals surface area contributed by atoms with Crippen molar-refractivity contribution in [3.63, 3.8) is 0 Å². The Labute approximate surface area is 149 Å². The highest BCUT2D eigenvalue weighted by Crippen LogP contribution is 2.23. The van der Waals surface area contributed by atoms with Gasteiger partial charge in [-0.15, -0.1) is 21.5 Å². The van der Waals surface area contributed by atoms with Crippen molar-refractivity contribution >= 4 is 23.2 Å². The molecule has 0 saturated heterocycles. The van der Waals surface area contributed by atoms with Crippen LogP contribution < -0.4 is 5.32 Å². The highest BCUT2D eigenvalue weighted by Gasteiger charge is 2.23. The molecule has 1 saturated carbocycles. The molecule has 25 heavy (non-hydrogen) atoms. The molecule has 1 fully saturated rings. The lowest BCUT2D eigenvalue weighted by atomic mass is 9.86. The molecule has 0 bridgehead atoms. The van der Waals surface area contributed by atoms with E-state index in [0.29, 0.717) is 11.7 Å². The molecule has 3 rings (SSSR count). The molecule has 134 valence electrons. The summed E-state index contributed by atoms with van der Waals surface area (Å²) in [6.07, 6.45) is 4.44. The van der Waals surface area contributed by atoms with E-state index in [1.807, 2.05) is 17.5 Å². The molecule has 2 heterocycles. The Morgan fingerprint density at radius 2 is 2.24 bits per heavy atom. The molecule has 0 unspecified atom stereocenters. The number of thiophene rings is 1. The normalized spacial score (nSPS) is 20.2. The Bertz CT molecular complexity index is 715. The summed E-state index contributed by atoms with van der Waals surface area (Å²) < 4.78 is 5.01. The average Bonchev–Trinajstić information content (AvgIpc) is 3.26. The summed E-state index contributed by atoms with van der Waals surface area (Å²) in [5.74, 6) is 0.0927. The van der Waals surface area contributed by atoms with Gasteiger partial charge in [-0.3, -0.25) is 4.79 Å². The molecular formula is C16H21N5O3S. The van der Waals surface area contributed by atoms with Crippen LogP contribution in [0.5, 0.6) is 0 Å². The fourth-order valence-corrected chi connectivity index (χ4v) is 3.55. The van der Waals surface area contributed by atoms with Crippen LogP contribution in [0.2, 0.25) is 0 Å². The first-order valence-corrected chi connectivity index (χ1v) is 9.26. The van der Waals surface area contributed by atoms with E-state index in [9.17, 15) is 9.59 Å². The molecule has 0 spiro atoms. The monoisotopic (exact) mass is 363 g/mol. The van der Waals surface area contributed by atoms with Gasteiger partial charge >= 0.3 is 5.97 Å². The number of nitrogens with one attached hydrogen (secondary N) is 1. The Kier molecular flexibility index (Phi) is 5.75. The van der Waals surface area contributed by atoms with E-state index >= 15 is 0 Å². The van der Waals surface area contributed by atoms with Crippen molar-refractivity contribution in [2.75, 3.05) is 6.61 Å². The van der Waals surface area contributed by atoms with Crippen LogP contribution in [-0.2, 0) is 20.9 Å². The number of hydrogen-bond acceptors (Lipinski definition) is 7. The lowest BCUT2D eigenvalue weighted by molar-refractivity contribution is -0.149. The lowest BCUT2D eigenvalue weighted by Crippen LogP contribution is -2.43. The summed E-state index contributed by atoms with van der Waals surface area (Å²) >= 11 is 1.49.